The number of rotatable bonds is 6. The van der Waals surface area contributed by atoms with Crippen molar-refractivity contribution < 1.29 is 22.0 Å². The van der Waals surface area contributed by atoms with Crippen LogP contribution in [0, 0.1) is 0 Å². The lowest BCUT2D eigenvalue weighted by Crippen LogP contribution is -2.18. The number of carbonyl (C=O) groups excluding carboxylic acids is 1. The molecule has 10 heteroatoms. The van der Waals surface area contributed by atoms with Crippen LogP contribution in [0.5, 0.6) is 0 Å². The van der Waals surface area contributed by atoms with Gasteiger partial charge in [-0.2, -0.15) is 8.78 Å². The summed E-state index contributed by atoms with van der Waals surface area (Å²) in [6.45, 7) is 0. The normalized spacial score (nSPS) is 12.1. The number of hydrogen-bond donors (Lipinski definition) is 2. The lowest BCUT2D eigenvalue weighted by molar-refractivity contribution is 0.0427. The average Bonchev–Trinajstić information content (AvgIpc) is 3.12. The van der Waals surface area contributed by atoms with Crippen LogP contribution in [0.3, 0.4) is 0 Å². The quantitative estimate of drug-likeness (QED) is 0.462. The number of nitrogens with two attached hydrogens (primary N) is 1. The molecule has 0 aliphatic rings. The molecule has 0 saturated carbocycles. The molecular weight excluding hydrogens is 438 g/mol. The highest BCUT2D eigenvalue weighted by atomic mass is 32.2. The summed E-state index contributed by atoms with van der Waals surface area (Å²) in [6.07, 6.45) is 3.58. The van der Waals surface area contributed by atoms with E-state index in [4.69, 9.17) is 5.73 Å². The van der Waals surface area contributed by atoms with Crippen molar-refractivity contribution in [2.75, 3.05) is 11.0 Å². The first-order valence-electron chi connectivity index (χ1n) is 9.38. The van der Waals surface area contributed by atoms with Crippen molar-refractivity contribution in [1.82, 2.24) is 9.55 Å². The molecule has 0 radical (unpaired) electrons. The Kier molecular flexibility index (Phi) is 5.17. The van der Waals surface area contributed by atoms with Gasteiger partial charge in [-0.25, -0.2) is 8.42 Å². The molecule has 0 aliphatic carbocycles. The number of nitrogens with zero attached hydrogens (tertiary/aromatic N) is 2. The van der Waals surface area contributed by atoms with Crippen LogP contribution in [0.4, 0.5) is 14.5 Å². The van der Waals surface area contributed by atoms with Gasteiger partial charge in [-0.1, -0.05) is 18.2 Å². The van der Waals surface area contributed by atoms with Crippen LogP contribution in [0.15, 0.2) is 73.1 Å². The number of benzene rings is 2. The Morgan fingerprint density at radius 1 is 1.03 bits per heavy atom. The monoisotopic (exact) mass is 456 g/mol. The number of alkyl halides is 2. The first kappa shape index (κ1) is 21.4. The Balaban J connectivity index is 1.91. The fourth-order valence-corrected chi connectivity index (χ4v) is 4.06. The zero-order chi connectivity index (χ0) is 23.1. The number of sulfonamides is 1. The molecule has 4 rings (SSSR count). The molecule has 0 spiro atoms. The third-order valence-electron chi connectivity index (χ3n) is 4.87. The second-order valence-corrected chi connectivity index (χ2v) is 8.99. The third kappa shape index (κ3) is 4.04. The van der Waals surface area contributed by atoms with Gasteiger partial charge in [-0.3, -0.25) is 14.5 Å². The van der Waals surface area contributed by atoms with Crippen molar-refractivity contribution in [3.63, 3.8) is 0 Å². The molecule has 2 heterocycles. The number of amides is 1. The molecule has 7 nitrogen and oxygen atoms in total. The van der Waals surface area contributed by atoms with Gasteiger partial charge in [0.2, 0.25) is 10.0 Å². The van der Waals surface area contributed by atoms with Crippen LogP contribution in [0.25, 0.3) is 16.6 Å². The van der Waals surface area contributed by atoms with Gasteiger partial charge in [0.25, 0.3) is 11.8 Å². The maximum absolute atomic E-state index is 15.1. The van der Waals surface area contributed by atoms with Crippen molar-refractivity contribution in [3.05, 3.63) is 89.9 Å². The molecular formula is C22H18F2N4O3S. The molecule has 1 amide bonds. The van der Waals surface area contributed by atoms with Crippen LogP contribution in [-0.2, 0) is 15.9 Å². The summed E-state index contributed by atoms with van der Waals surface area (Å²) in [5.41, 5.74) is 6.06. The van der Waals surface area contributed by atoms with Crippen molar-refractivity contribution in [2.24, 2.45) is 5.73 Å². The Bertz CT molecular complexity index is 1430. The van der Waals surface area contributed by atoms with Crippen LogP contribution in [0.2, 0.25) is 0 Å². The van der Waals surface area contributed by atoms with Gasteiger partial charge in [0, 0.05) is 34.6 Å². The van der Waals surface area contributed by atoms with Gasteiger partial charge >= 0.3 is 0 Å². The largest absolute Gasteiger partial charge is 0.364 e. The minimum atomic E-state index is -3.54. The summed E-state index contributed by atoms with van der Waals surface area (Å²) >= 11 is 0. The second-order valence-electron chi connectivity index (χ2n) is 7.24. The highest BCUT2D eigenvalue weighted by Gasteiger charge is 2.34. The van der Waals surface area contributed by atoms with Gasteiger partial charge in [-0.05, 0) is 42.5 Å². The van der Waals surface area contributed by atoms with E-state index in [-0.39, 0.29) is 28.2 Å². The summed E-state index contributed by atoms with van der Waals surface area (Å²) in [4.78, 5) is 15.9. The summed E-state index contributed by atoms with van der Waals surface area (Å²) < 4.78 is 57.3. The van der Waals surface area contributed by atoms with Crippen molar-refractivity contribution in [1.29, 1.82) is 0 Å². The fraction of sp³-hybridized carbons (Fsp3) is 0.0909. The smallest absolute Gasteiger partial charge is 0.298 e. The van der Waals surface area contributed by atoms with Crippen molar-refractivity contribution in [3.8, 4) is 5.69 Å². The van der Waals surface area contributed by atoms with E-state index >= 15 is 8.78 Å². The molecule has 4 aromatic rings. The van der Waals surface area contributed by atoms with Crippen LogP contribution in [-0.4, -0.2) is 30.1 Å². The van der Waals surface area contributed by atoms with Crippen molar-refractivity contribution >= 4 is 32.5 Å². The first-order valence-corrected chi connectivity index (χ1v) is 11.3. The molecule has 0 saturated heterocycles. The molecule has 164 valence electrons. The Hall–Kier alpha value is -3.79. The third-order valence-corrected chi connectivity index (χ3v) is 5.48. The van der Waals surface area contributed by atoms with E-state index in [2.05, 4.69) is 9.71 Å². The SMILES string of the molecule is CS(=O)(=O)Nc1ccc2cc(C(N)=O)n(-c3cccc(C(F)(F)c4ccncc4)c3)c2c1. The first-order chi connectivity index (χ1) is 15.1. The number of nitrogens with one attached hydrogen (secondary N) is 1. The number of anilines is 1. The van der Waals surface area contributed by atoms with E-state index in [9.17, 15) is 13.2 Å². The topological polar surface area (TPSA) is 107 Å². The minimum Gasteiger partial charge on any atom is -0.364 e. The maximum atomic E-state index is 15.1. The van der Waals surface area contributed by atoms with E-state index in [0.29, 0.717) is 10.9 Å². The Labute approximate surface area is 182 Å². The lowest BCUT2D eigenvalue weighted by atomic mass is 10.0. The zero-order valence-electron chi connectivity index (χ0n) is 16.8. The number of halogens is 2. The molecule has 3 N–H and O–H groups in total. The summed E-state index contributed by atoms with van der Waals surface area (Å²) in [5, 5.41) is 0.587. The maximum Gasteiger partial charge on any atom is 0.298 e. The van der Waals surface area contributed by atoms with Crippen molar-refractivity contribution in [2.45, 2.75) is 5.92 Å². The summed E-state index contributed by atoms with van der Waals surface area (Å²) in [5.74, 6) is -4.07. The highest BCUT2D eigenvalue weighted by molar-refractivity contribution is 7.92. The van der Waals surface area contributed by atoms with E-state index in [1.807, 2.05) is 0 Å². The summed E-state index contributed by atoms with van der Waals surface area (Å²) in [7, 11) is -3.54. The second kappa shape index (κ2) is 7.72. The van der Waals surface area contributed by atoms with E-state index < -0.39 is 21.9 Å². The van der Waals surface area contributed by atoms with Gasteiger partial charge in [0.05, 0.1) is 17.5 Å². The number of fused-ring (bicyclic) bond motifs is 1. The zero-order valence-corrected chi connectivity index (χ0v) is 17.6. The molecule has 0 aliphatic heterocycles. The van der Waals surface area contributed by atoms with Gasteiger partial charge in [0.15, 0.2) is 0 Å². The molecule has 0 fully saturated rings. The van der Waals surface area contributed by atoms with Gasteiger partial charge < -0.3 is 10.3 Å². The van der Waals surface area contributed by atoms with Crippen LogP contribution in [0.1, 0.15) is 21.6 Å². The Morgan fingerprint density at radius 3 is 2.41 bits per heavy atom. The van der Waals surface area contributed by atoms with E-state index in [1.54, 1.807) is 12.1 Å². The number of primary amides is 1. The molecule has 2 aromatic heterocycles. The molecule has 2 aromatic carbocycles. The lowest BCUT2D eigenvalue weighted by Gasteiger charge is -2.19. The Morgan fingerprint density at radius 2 is 1.75 bits per heavy atom. The molecule has 0 unspecified atom stereocenters. The average molecular weight is 456 g/mol. The molecule has 0 atom stereocenters. The summed E-state index contributed by atoms with van der Waals surface area (Å²) in [6, 6.07) is 14.2. The van der Waals surface area contributed by atoms with Gasteiger partial charge in [0.1, 0.15) is 5.69 Å². The van der Waals surface area contributed by atoms with E-state index in [0.717, 1.165) is 6.26 Å². The number of carbonyl (C=O) groups is 1. The standard InChI is InChI=1S/C22H18F2N4O3S/c1-32(30,31)27-17-6-5-14-11-20(21(25)29)28(19(14)13-17)18-4-2-3-16(12-18)22(23,24)15-7-9-26-10-8-15/h2-13,27H,1H3,(H2,25,29). The fourth-order valence-electron chi connectivity index (χ4n) is 3.51. The minimum absolute atomic E-state index is 0.0703. The van der Waals surface area contributed by atoms with Crippen LogP contribution >= 0.6 is 0 Å². The predicted molar refractivity (Wildman–Crippen MR) is 117 cm³/mol. The number of aromatic nitrogens is 2. The highest BCUT2D eigenvalue weighted by Crippen LogP contribution is 2.37. The molecule has 0 bridgehead atoms. The predicted octanol–water partition coefficient (Wildman–Crippen LogP) is 3.64. The van der Waals surface area contributed by atoms with E-state index in [1.165, 1.54) is 65.5 Å². The number of pyridine rings is 1. The van der Waals surface area contributed by atoms with Gasteiger partial charge in [-0.15, -0.1) is 0 Å². The molecule has 32 heavy (non-hydrogen) atoms. The van der Waals surface area contributed by atoms with Crippen LogP contribution < -0.4 is 10.5 Å². The number of hydrogen-bond acceptors (Lipinski definition) is 4.